The Morgan fingerprint density at radius 3 is 2.76 bits per heavy atom. The van der Waals surface area contributed by atoms with Gasteiger partial charge in [-0.3, -0.25) is 4.79 Å². The second kappa shape index (κ2) is 7.25. The Morgan fingerprint density at radius 1 is 1.43 bits per heavy atom. The van der Waals surface area contributed by atoms with Crippen LogP contribution in [0.1, 0.15) is 31.1 Å². The SMILES string of the molecule is CN(CC(C)(C)CN)C(=O)C1OCCc2ccccc21.Cl. The van der Waals surface area contributed by atoms with Crippen molar-refractivity contribution in [2.75, 3.05) is 26.7 Å². The van der Waals surface area contributed by atoms with Crippen molar-refractivity contribution in [1.82, 2.24) is 4.90 Å². The third-order valence-corrected chi connectivity index (χ3v) is 3.81. The number of amides is 1. The van der Waals surface area contributed by atoms with Crippen molar-refractivity contribution in [3.05, 3.63) is 35.4 Å². The van der Waals surface area contributed by atoms with Crippen LogP contribution in [0, 0.1) is 5.41 Å². The lowest BCUT2D eigenvalue weighted by Crippen LogP contribution is -2.43. The van der Waals surface area contributed by atoms with Crippen molar-refractivity contribution >= 4 is 18.3 Å². The number of carbonyl (C=O) groups is 1. The van der Waals surface area contributed by atoms with Crippen LogP contribution in [-0.4, -0.2) is 37.6 Å². The lowest BCUT2D eigenvalue weighted by atomic mass is 9.92. The average Bonchev–Trinajstić information content (AvgIpc) is 2.45. The van der Waals surface area contributed by atoms with Crippen molar-refractivity contribution in [1.29, 1.82) is 0 Å². The maximum atomic E-state index is 12.6. The predicted molar refractivity (Wildman–Crippen MR) is 86.6 cm³/mol. The zero-order valence-electron chi connectivity index (χ0n) is 13.0. The van der Waals surface area contributed by atoms with Crippen molar-refractivity contribution in [2.24, 2.45) is 11.1 Å². The minimum absolute atomic E-state index is 0. The molecule has 21 heavy (non-hydrogen) atoms. The van der Waals surface area contributed by atoms with E-state index in [2.05, 4.69) is 19.9 Å². The average molecular weight is 313 g/mol. The predicted octanol–water partition coefficient (Wildman–Crippen LogP) is 2.17. The van der Waals surface area contributed by atoms with Crippen molar-refractivity contribution in [2.45, 2.75) is 26.4 Å². The van der Waals surface area contributed by atoms with E-state index >= 15 is 0 Å². The third-order valence-electron chi connectivity index (χ3n) is 3.81. The summed E-state index contributed by atoms with van der Waals surface area (Å²) >= 11 is 0. The summed E-state index contributed by atoms with van der Waals surface area (Å²) in [6, 6.07) is 8.02. The highest BCUT2D eigenvalue weighted by Gasteiger charge is 2.31. The van der Waals surface area contributed by atoms with E-state index < -0.39 is 6.10 Å². The third kappa shape index (κ3) is 4.19. The standard InChI is InChI=1S/C16H24N2O2.ClH/c1-16(2,10-17)11-18(3)15(19)14-13-7-5-4-6-12(13)8-9-20-14;/h4-7,14H,8-11,17H2,1-3H3;1H. The molecular formula is C16H25ClN2O2. The van der Waals surface area contributed by atoms with Gasteiger partial charge in [-0.2, -0.15) is 0 Å². The molecule has 1 atom stereocenters. The molecule has 2 rings (SSSR count). The van der Waals surface area contributed by atoms with E-state index in [0.29, 0.717) is 19.7 Å². The first-order valence-corrected chi connectivity index (χ1v) is 7.09. The van der Waals surface area contributed by atoms with Gasteiger partial charge in [0.2, 0.25) is 0 Å². The number of halogens is 1. The van der Waals surface area contributed by atoms with Gasteiger partial charge in [0.15, 0.2) is 6.10 Å². The Labute approximate surface area is 133 Å². The molecule has 0 aromatic heterocycles. The number of hydrogen-bond donors (Lipinski definition) is 1. The molecule has 0 saturated heterocycles. The van der Waals surface area contributed by atoms with Gasteiger partial charge in [-0.05, 0) is 29.5 Å². The fraction of sp³-hybridized carbons (Fsp3) is 0.562. The van der Waals surface area contributed by atoms with E-state index in [-0.39, 0.29) is 23.7 Å². The first-order chi connectivity index (χ1) is 9.44. The Morgan fingerprint density at radius 2 is 2.10 bits per heavy atom. The van der Waals surface area contributed by atoms with Crippen LogP contribution in [0.15, 0.2) is 24.3 Å². The molecule has 0 bridgehead atoms. The van der Waals surface area contributed by atoms with E-state index in [1.54, 1.807) is 4.90 Å². The van der Waals surface area contributed by atoms with Crippen LogP contribution in [0.25, 0.3) is 0 Å². The number of fused-ring (bicyclic) bond motifs is 1. The van der Waals surface area contributed by atoms with Crippen LogP contribution < -0.4 is 5.73 Å². The lowest BCUT2D eigenvalue weighted by molar-refractivity contribution is -0.145. The van der Waals surface area contributed by atoms with Crippen molar-refractivity contribution < 1.29 is 9.53 Å². The normalized spacial score (nSPS) is 17.6. The number of likely N-dealkylation sites (N-methyl/N-ethyl adjacent to an activating group) is 1. The quantitative estimate of drug-likeness (QED) is 0.927. The van der Waals surface area contributed by atoms with E-state index in [1.807, 2.05) is 25.2 Å². The molecule has 2 N–H and O–H groups in total. The first-order valence-electron chi connectivity index (χ1n) is 7.09. The van der Waals surface area contributed by atoms with Gasteiger partial charge in [0, 0.05) is 13.6 Å². The van der Waals surface area contributed by atoms with Gasteiger partial charge in [0.1, 0.15) is 0 Å². The monoisotopic (exact) mass is 312 g/mol. The first kappa shape index (κ1) is 18.0. The molecule has 1 aromatic rings. The van der Waals surface area contributed by atoms with Gasteiger partial charge >= 0.3 is 0 Å². The molecular weight excluding hydrogens is 288 g/mol. The molecule has 0 fully saturated rings. The van der Waals surface area contributed by atoms with E-state index in [1.165, 1.54) is 5.56 Å². The van der Waals surface area contributed by atoms with Crippen molar-refractivity contribution in [3.8, 4) is 0 Å². The van der Waals surface area contributed by atoms with Crippen LogP contribution in [-0.2, 0) is 16.0 Å². The Kier molecular flexibility index (Phi) is 6.20. The van der Waals surface area contributed by atoms with Gasteiger partial charge in [0.05, 0.1) is 6.61 Å². The highest BCUT2D eigenvalue weighted by molar-refractivity contribution is 5.85. The van der Waals surface area contributed by atoms with Crippen LogP contribution in [0.4, 0.5) is 0 Å². The summed E-state index contributed by atoms with van der Waals surface area (Å²) in [5.74, 6) is 0.0127. The number of carbonyl (C=O) groups excluding carboxylic acids is 1. The smallest absolute Gasteiger partial charge is 0.256 e. The Bertz CT molecular complexity index is 491. The molecule has 4 nitrogen and oxygen atoms in total. The van der Waals surface area contributed by atoms with E-state index in [9.17, 15) is 4.79 Å². The van der Waals surface area contributed by atoms with Gasteiger partial charge in [0.25, 0.3) is 5.91 Å². The second-order valence-electron chi connectivity index (χ2n) is 6.26. The fourth-order valence-electron chi connectivity index (χ4n) is 2.58. The van der Waals surface area contributed by atoms with E-state index in [0.717, 1.165) is 12.0 Å². The number of nitrogens with zero attached hydrogens (tertiary/aromatic N) is 1. The summed E-state index contributed by atoms with van der Waals surface area (Å²) < 4.78 is 5.71. The van der Waals surface area contributed by atoms with Crippen LogP contribution in [0.3, 0.4) is 0 Å². The van der Waals surface area contributed by atoms with Gasteiger partial charge in [-0.1, -0.05) is 38.1 Å². The number of rotatable bonds is 4. The highest BCUT2D eigenvalue weighted by atomic mass is 35.5. The number of hydrogen-bond acceptors (Lipinski definition) is 3. The molecule has 1 amide bonds. The summed E-state index contributed by atoms with van der Waals surface area (Å²) in [5.41, 5.74) is 7.87. The van der Waals surface area contributed by atoms with Gasteiger partial charge < -0.3 is 15.4 Å². The number of ether oxygens (including phenoxy) is 1. The molecule has 0 radical (unpaired) electrons. The maximum absolute atomic E-state index is 12.6. The topological polar surface area (TPSA) is 55.6 Å². The molecule has 0 spiro atoms. The summed E-state index contributed by atoms with van der Waals surface area (Å²) in [4.78, 5) is 14.4. The molecule has 1 aromatic carbocycles. The summed E-state index contributed by atoms with van der Waals surface area (Å²) in [7, 11) is 1.82. The zero-order valence-corrected chi connectivity index (χ0v) is 13.8. The molecule has 1 aliphatic heterocycles. The summed E-state index contributed by atoms with van der Waals surface area (Å²) in [6.45, 7) is 5.90. The molecule has 0 saturated carbocycles. The van der Waals surface area contributed by atoms with Gasteiger partial charge in [-0.25, -0.2) is 0 Å². The van der Waals surface area contributed by atoms with Crippen molar-refractivity contribution in [3.63, 3.8) is 0 Å². The van der Waals surface area contributed by atoms with Crippen LogP contribution >= 0.6 is 12.4 Å². The fourth-order valence-corrected chi connectivity index (χ4v) is 2.58. The summed E-state index contributed by atoms with van der Waals surface area (Å²) in [5, 5.41) is 0. The molecule has 118 valence electrons. The lowest BCUT2D eigenvalue weighted by Gasteiger charge is -2.33. The minimum Gasteiger partial charge on any atom is -0.363 e. The molecule has 1 unspecified atom stereocenters. The largest absolute Gasteiger partial charge is 0.363 e. The second-order valence-corrected chi connectivity index (χ2v) is 6.26. The number of benzene rings is 1. The van der Waals surface area contributed by atoms with E-state index in [4.69, 9.17) is 10.5 Å². The Balaban J connectivity index is 0.00000220. The maximum Gasteiger partial charge on any atom is 0.256 e. The Hall–Kier alpha value is -1.10. The summed E-state index contributed by atoms with van der Waals surface area (Å²) in [6.07, 6.45) is 0.399. The van der Waals surface area contributed by atoms with Crippen LogP contribution in [0.5, 0.6) is 0 Å². The zero-order chi connectivity index (χ0) is 14.8. The molecule has 0 aliphatic carbocycles. The molecule has 5 heteroatoms. The van der Waals surface area contributed by atoms with Crippen LogP contribution in [0.2, 0.25) is 0 Å². The molecule has 1 heterocycles. The highest BCUT2D eigenvalue weighted by Crippen LogP contribution is 2.29. The van der Waals surface area contributed by atoms with Gasteiger partial charge in [-0.15, -0.1) is 12.4 Å². The molecule has 1 aliphatic rings. The minimum atomic E-state index is -0.474. The number of nitrogens with two attached hydrogens (primary N) is 1.